The Morgan fingerprint density at radius 3 is 2.20 bits per heavy atom. The van der Waals surface area contributed by atoms with E-state index in [1.807, 2.05) is 37.3 Å². The number of carbonyl (C=O) groups is 2. The summed E-state index contributed by atoms with van der Waals surface area (Å²) in [7, 11) is -3.86. The predicted molar refractivity (Wildman–Crippen MR) is 159 cm³/mol. The Bertz CT molecular complexity index is 1420. The van der Waals surface area contributed by atoms with E-state index in [1.54, 1.807) is 42.5 Å². The number of amides is 2. The zero-order valence-corrected chi connectivity index (χ0v) is 24.4. The Balaban J connectivity index is 1.72. The molecule has 7 nitrogen and oxygen atoms in total. The predicted octanol–water partition coefficient (Wildman–Crippen LogP) is 4.99. The summed E-state index contributed by atoms with van der Waals surface area (Å²) >= 11 is 0. The molecule has 0 spiro atoms. The molecule has 0 saturated heterocycles. The number of nitrogens with zero attached hydrogens (tertiary/aromatic N) is 2. The van der Waals surface area contributed by atoms with Crippen molar-refractivity contribution in [1.29, 1.82) is 0 Å². The van der Waals surface area contributed by atoms with Gasteiger partial charge in [0.25, 0.3) is 0 Å². The normalized spacial score (nSPS) is 14.7. The monoisotopic (exact) mass is 579 g/mol. The Hall–Kier alpha value is -3.72. The summed E-state index contributed by atoms with van der Waals surface area (Å²) in [4.78, 5) is 29.3. The van der Waals surface area contributed by atoms with Gasteiger partial charge in [0, 0.05) is 24.6 Å². The highest BCUT2D eigenvalue weighted by molar-refractivity contribution is 7.92. The smallest absolute Gasteiger partial charge is 0.244 e. The van der Waals surface area contributed by atoms with E-state index in [0.29, 0.717) is 5.69 Å². The van der Waals surface area contributed by atoms with Gasteiger partial charge in [-0.3, -0.25) is 13.9 Å². The summed E-state index contributed by atoms with van der Waals surface area (Å²) in [5, 5.41) is 3.14. The van der Waals surface area contributed by atoms with Gasteiger partial charge in [-0.25, -0.2) is 12.8 Å². The molecule has 1 unspecified atom stereocenters. The molecule has 2 amide bonds. The first-order valence-electron chi connectivity index (χ1n) is 14.0. The van der Waals surface area contributed by atoms with Gasteiger partial charge < -0.3 is 10.2 Å². The van der Waals surface area contributed by atoms with Crippen molar-refractivity contribution in [2.24, 2.45) is 0 Å². The molecule has 1 aliphatic carbocycles. The van der Waals surface area contributed by atoms with Crippen LogP contribution in [-0.2, 0) is 32.6 Å². The van der Waals surface area contributed by atoms with E-state index < -0.39 is 34.3 Å². The van der Waals surface area contributed by atoms with Crippen LogP contribution < -0.4 is 9.62 Å². The molecule has 3 aromatic rings. The summed E-state index contributed by atoms with van der Waals surface area (Å²) in [6.45, 7) is 1.17. The fourth-order valence-corrected chi connectivity index (χ4v) is 6.08. The lowest BCUT2D eigenvalue weighted by atomic mass is 9.94. The third kappa shape index (κ3) is 8.39. The highest BCUT2D eigenvalue weighted by atomic mass is 32.2. The van der Waals surface area contributed by atoms with Crippen LogP contribution in [0.25, 0.3) is 0 Å². The van der Waals surface area contributed by atoms with Crippen molar-refractivity contribution in [1.82, 2.24) is 10.2 Å². The standard InChI is InChI=1S/C32H38FN3O4S/c1-24-17-19-28(20-18-24)36(41(2,39)40)23-31(37)35(22-26-13-9-10-16-29(26)33)30(21-25-11-5-3-6-12-25)32(38)34-27-14-7-4-8-15-27/h3,5-6,9-13,16-20,27,30H,4,7-8,14-15,21-23H2,1-2H3,(H,34,38). The minimum absolute atomic E-state index is 0.0000123. The first kappa shape index (κ1) is 30.2. The molecule has 1 fully saturated rings. The SMILES string of the molecule is Cc1ccc(N(CC(=O)N(Cc2ccccc2F)C(Cc2ccccc2)C(=O)NC2CCCCC2)S(C)(=O)=O)cc1. The highest BCUT2D eigenvalue weighted by Gasteiger charge is 2.34. The number of anilines is 1. The van der Waals surface area contributed by atoms with Crippen LogP contribution in [0.2, 0.25) is 0 Å². The molecule has 9 heteroatoms. The van der Waals surface area contributed by atoms with Crippen molar-refractivity contribution in [3.8, 4) is 0 Å². The van der Waals surface area contributed by atoms with Crippen LogP contribution in [0.4, 0.5) is 10.1 Å². The molecule has 0 heterocycles. The molecule has 0 bridgehead atoms. The number of rotatable bonds is 11. The molecule has 3 aromatic carbocycles. The second-order valence-corrected chi connectivity index (χ2v) is 12.7. The molecular weight excluding hydrogens is 541 g/mol. The largest absolute Gasteiger partial charge is 0.352 e. The van der Waals surface area contributed by atoms with Crippen molar-refractivity contribution < 1.29 is 22.4 Å². The Labute approximate surface area is 242 Å². The van der Waals surface area contributed by atoms with E-state index in [9.17, 15) is 22.4 Å². The van der Waals surface area contributed by atoms with E-state index >= 15 is 0 Å². The summed E-state index contributed by atoms with van der Waals surface area (Å²) in [6, 6.07) is 21.3. The summed E-state index contributed by atoms with van der Waals surface area (Å²) in [6.07, 6.45) is 6.12. The third-order valence-corrected chi connectivity index (χ3v) is 8.66. The van der Waals surface area contributed by atoms with E-state index in [2.05, 4.69) is 5.32 Å². The average Bonchev–Trinajstić information content (AvgIpc) is 2.95. The van der Waals surface area contributed by atoms with Gasteiger partial charge in [0.1, 0.15) is 18.4 Å². The fraction of sp³-hybridized carbons (Fsp3) is 0.375. The van der Waals surface area contributed by atoms with Gasteiger partial charge in [0.05, 0.1) is 11.9 Å². The van der Waals surface area contributed by atoms with Crippen molar-refractivity contribution in [3.63, 3.8) is 0 Å². The molecule has 0 aromatic heterocycles. The first-order chi connectivity index (χ1) is 19.6. The van der Waals surface area contributed by atoms with Crippen LogP contribution in [0.5, 0.6) is 0 Å². The molecular formula is C32H38FN3O4S. The number of hydrogen-bond acceptors (Lipinski definition) is 4. The van der Waals surface area contributed by atoms with Crippen molar-refractivity contribution >= 4 is 27.5 Å². The van der Waals surface area contributed by atoms with E-state index in [1.165, 1.54) is 11.0 Å². The molecule has 0 aliphatic heterocycles. The average molecular weight is 580 g/mol. The number of halogens is 1. The van der Waals surface area contributed by atoms with Crippen LogP contribution in [-0.4, -0.2) is 50.0 Å². The number of carbonyl (C=O) groups excluding carboxylic acids is 2. The Morgan fingerprint density at radius 2 is 1.56 bits per heavy atom. The van der Waals surface area contributed by atoms with Crippen LogP contribution in [0, 0.1) is 12.7 Å². The molecule has 218 valence electrons. The first-order valence-corrected chi connectivity index (χ1v) is 15.9. The zero-order chi connectivity index (χ0) is 29.4. The Morgan fingerprint density at radius 1 is 0.927 bits per heavy atom. The number of hydrogen-bond donors (Lipinski definition) is 1. The third-order valence-electron chi connectivity index (χ3n) is 7.52. The van der Waals surface area contributed by atoms with Crippen molar-refractivity contribution in [2.45, 2.75) is 64.1 Å². The van der Waals surface area contributed by atoms with E-state index in [4.69, 9.17) is 0 Å². The number of nitrogens with one attached hydrogen (secondary N) is 1. The second kappa shape index (κ2) is 13.8. The van der Waals surface area contributed by atoms with Crippen molar-refractivity contribution in [3.05, 3.63) is 101 Å². The molecule has 41 heavy (non-hydrogen) atoms. The minimum atomic E-state index is -3.86. The van der Waals surface area contributed by atoms with Gasteiger partial charge in [-0.05, 0) is 43.5 Å². The lowest BCUT2D eigenvalue weighted by Gasteiger charge is -2.35. The maximum Gasteiger partial charge on any atom is 0.244 e. The number of aryl methyl sites for hydroxylation is 1. The molecule has 4 rings (SSSR count). The summed E-state index contributed by atoms with van der Waals surface area (Å²) < 4.78 is 41.6. The van der Waals surface area contributed by atoms with Gasteiger partial charge in [-0.2, -0.15) is 0 Å². The Kier molecular flexibility index (Phi) is 10.2. The van der Waals surface area contributed by atoms with Crippen LogP contribution in [0.1, 0.15) is 48.8 Å². The van der Waals surface area contributed by atoms with Gasteiger partial charge >= 0.3 is 0 Å². The molecule has 0 radical (unpaired) electrons. The fourth-order valence-electron chi connectivity index (χ4n) is 5.23. The maximum atomic E-state index is 14.9. The topological polar surface area (TPSA) is 86.8 Å². The minimum Gasteiger partial charge on any atom is -0.352 e. The lowest BCUT2D eigenvalue weighted by molar-refractivity contribution is -0.140. The van der Waals surface area contributed by atoms with Gasteiger partial charge in [0.15, 0.2) is 0 Å². The molecule has 1 N–H and O–H groups in total. The summed E-state index contributed by atoms with van der Waals surface area (Å²) in [5.41, 5.74) is 2.35. The van der Waals surface area contributed by atoms with Gasteiger partial charge in [0.2, 0.25) is 21.8 Å². The van der Waals surface area contributed by atoms with Crippen molar-refractivity contribution in [2.75, 3.05) is 17.1 Å². The van der Waals surface area contributed by atoms with E-state index in [0.717, 1.165) is 53.8 Å². The number of sulfonamides is 1. The molecule has 1 saturated carbocycles. The summed E-state index contributed by atoms with van der Waals surface area (Å²) in [5.74, 6) is -1.43. The number of benzene rings is 3. The van der Waals surface area contributed by atoms with Crippen LogP contribution in [0.15, 0.2) is 78.9 Å². The van der Waals surface area contributed by atoms with Crippen LogP contribution >= 0.6 is 0 Å². The van der Waals surface area contributed by atoms with Gasteiger partial charge in [-0.1, -0.05) is 85.5 Å². The second-order valence-electron chi connectivity index (χ2n) is 10.8. The van der Waals surface area contributed by atoms with Crippen LogP contribution in [0.3, 0.4) is 0 Å². The quantitative estimate of drug-likeness (QED) is 0.347. The van der Waals surface area contributed by atoms with Gasteiger partial charge in [-0.15, -0.1) is 0 Å². The highest BCUT2D eigenvalue weighted by Crippen LogP contribution is 2.23. The zero-order valence-electron chi connectivity index (χ0n) is 23.6. The maximum absolute atomic E-state index is 14.9. The molecule has 1 aliphatic rings. The van der Waals surface area contributed by atoms with E-state index in [-0.39, 0.29) is 30.5 Å². The molecule has 1 atom stereocenters. The lowest BCUT2D eigenvalue weighted by Crippen LogP contribution is -2.55.